The van der Waals surface area contributed by atoms with Crippen LogP contribution >= 0.6 is 0 Å². The molecule has 1 unspecified atom stereocenters. The van der Waals surface area contributed by atoms with Crippen molar-refractivity contribution in [2.45, 2.75) is 39.4 Å². The van der Waals surface area contributed by atoms with Gasteiger partial charge in [-0.05, 0) is 37.6 Å². The standard InChI is InChI=1S/C19H20F4N4O3/c1-4-16(28)27-15-7-12(5-10(2)25-15)17(29)26-11(3)13-6-14(20)18(24-8-13)30-9-19(21,22)23/h5-8,11H,4,9H2,1-3H3,(H,26,29)(H,25,27,28). The number of hydrogen-bond donors (Lipinski definition) is 2. The summed E-state index contributed by atoms with van der Waals surface area (Å²) in [5.74, 6) is -2.42. The fraction of sp³-hybridized carbons (Fsp3) is 0.368. The number of nitrogens with zero attached hydrogens (tertiary/aromatic N) is 2. The Balaban J connectivity index is 2.10. The van der Waals surface area contributed by atoms with E-state index in [0.29, 0.717) is 5.69 Å². The van der Waals surface area contributed by atoms with Crippen LogP contribution in [0.2, 0.25) is 0 Å². The first-order valence-electron chi connectivity index (χ1n) is 8.93. The van der Waals surface area contributed by atoms with Crippen molar-refractivity contribution in [1.82, 2.24) is 15.3 Å². The molecule has 2 aromatic heterocycles. The summed E-state index contributed by atoms with van der Waals surface area (Å²) in [6.07, 6.45) is -3.26. The topological polar surface area (TPSA) is 93.2 Å². The van der Waals surface area contributed by atoms with E-state index in [9.17, 15) is 27.2 Å². The summed E-state index contributed by atoms with van der Waals surface area (Å²) in [6.45, 7) is 3.22. The summed E-state index contributed by atoms with van der Waals surface area (Å²) in [5.41, 5.74) is 0.949. The van der Waals surface area contributed by atoms with Crippen LogP contribution in [0.25, 0.3) is 0 Å². The Hall–Kier alpha value is -3.24. The van der Waals surface area contributed by atoms with Crippen LogP contribution in [-0.2, 0) is 4.79 Å². The van der Waals surface area contributed by atoms with Crippen LogP contribution in [0.4, 0.5) is 23.4 Å². The molecule has 0 saturated heterocycles. The minimum atomic E-state index is -4.62. The van der Waals surface area contributed by atoms with Crippen LogP contribution in [0.5, 0.6) is 5.88 Å². The zero-order chi connectivity index (χ0) is 22.5. The molecular formula is C19H20F4N4O3. The molecule has 0 spiro atoms. The van der Waals surface area contributed by atoms with E-state index < -0.39 is 36.4 Å². The molecule has 2 aromatic rings. The van der Waals surface area contributed by atoms with Gasteiger partial charge >= 0.3 is 6.18 Å². The Bertz CT molecular complexity index is 934. The highest BCUT2D eigenvalue weighted by Crippen LogP contribution is 2.22. The molecule has 2 heterocycles. The van der Waals surface area contributed by atoms with Gasteiger partial charge in [-0.1, -0.05) is 6.92 Å². The summed E-state index contributed by atoms with van der Waals surface area (Å²) in [5, 5.41) is 5.20. The summed E-state index contributed by atoms with van der Waals surface area (Å²) in [6, 6.07) is 3.14. The first kappa shape index (κ1) is 23.0. The highest BCUT2D eigenvalue weighted by Gasteiger charge is 2.29. The molecule has 2 N–H and O–H groups in total. The zero-order valence-electron chi connectivity index (χ0n) is 16.4. The number of alkyl halides is 3. The number of rotatable bonds is 7. The van der Waals surface area contributed by atoms with Crippen molar-refractivity contribution in [2.24, 2.45) is 0 Å². The third-order valence-corrected chi connectivity index (χ3v) is 3.85. The highest BCUT2D eigenvalue weighted by atomic mass is 19.4. The molecule has 0 aliphatic carbocycles. The van der Waals surface area contributed by atoms with Gasteiger partial charge in [-0.25, -0.2) is 14.4 Å². The Morgan fingerprint density at radius 3 is 2.53 bits per heavy atom. The fourth-order valence-corrected chi connectivity index (χ4v) is 2.39. The third-order valence-electron chi connectivity index (χ3n) is 3.85. The summed E-state index contributed by atoms with van der Waals surface area (Å²) in [4.78, 5) is 31.7. The van der Waals surface area contributed by atoms with E-state index in [2.05, 4.69) is 25.3 Å². The number of pyridine rings is 2. The normalized spacial score (nSPS) is 12.2. The van der Waals surface area contributed by atoms with Gasteiger partial charge in [0.25, 0.3) is 11.8 Å². The van der Waals surface area contributed by atoms with Crippen LogP contribution in [0.1, 0.15) is 47.9 Å². The van der Waals surface area contributed by atoms with Crippen molar-refractivity contribution < 1.29 is 31.9 Å². The first-order valence-corrected chi connectivity index (χ1v) is 8.93. The Morgan fingerprint density at radius 1 is 1.23 bits per heavy atom. The molecule has 2 rings (SSSR count). The molecule has 1 atom stereocenters. The summed E-state index contributed by atoms with van der Waals surface area (Å²) >= 11 is 0. The number of halogens is 4. The number of carbonyl (C=O) groups is 2. The van der Waals surface area contributed by atoms with E-state index in [-0.39, 0.29) is 29.3 Å². The lowest BCUT2D eigenvalue weighted by Crippen LogP contribution is -2.27. The molecule has 30 heavy (non-hydrogen) atoms. The van der Waals surface area contributed by atoms with E-state index in [1.165, 1.54) is 12.1 Å². The number of aromatic nitrogens is 2. The number of hydrogen-bond acceptors (Lipinski definition) is 5. The predicted molar refractivity (Wildman–Crippen MR) is 99.5 cm³/mol. The molecule has 0 bridgehead atoms. The van der Waals surface area contributed by atoms with Gasteiger partial charge in [-0.3, -0.25) is 9.59 Å². The van der Waals surface area contributed by atoms with Crippen LogP contribution in [0.15, 0.2) is 24.4 Å². The molecule has 0 fully saturated rings. The van der Waals surface area contributed by atoms with E-state index in [4.69, 9.17) is 0 Å². The molecule has 0 aliphatic rings. The average molecular weight is 428 g/mol. The molecule has 162 valence electrons. The van der Waals surface area contributed by atoms with Gasteiger partial charge < -0.3 is 15.4 Å². The van der Waals surface area contributed by atoms with Gasteiger partial charge in [-0.15, -0.1) is 0 Å². The first-order chi connectivity index (χ1) is 14.0. The molecule has 7 nitrogen and oxygen atoms in total. The Labute approximate surface area is 169 Å². The van der Waals surface area contributed by atoms with Crippen molar-refractivity contribution in [2.75, 3.05) is 11.9 Å². The number of amides is 2. The Kier molecular flexibility index (Phi) is 7.30. The van der Waals surface area contributed by atoms with Crippen LogP contribution in [-0.4, -0.2) is 34.6 Å². The third kappa shape index (κ3) is 6.68. The fourth-order valence-electron chi connectivity index (χ4n) is 2.39. The van der Waals surface area contributed by atoms with Gasteiger partial charge in [0.15, 0.2) is 12.4 Å². The number of carbonyl (C=O) groups excluding carboxylic acids is 2. The van der Waals surface area contributed by atoms with Gasteiger partial charge in [-0.2, -0.15) is 13.2 Å². The lowest BCUT2D eigenvalue weighted by molar-refractivity contribution is -0.154. The number of aryl methyl sites for hydroxylation is 1. The van der Waals surface area contributed by atoms with Gasteiger partial charge in [0.1, 0.15) is 5.82 Å². The zero-order valence-corrected chi connectivity index (χ0v) is 16.4. The lowest BCUT2D eigenvalue weighted by Gasteiger charge is -2.16. The molecular weight excluding hydrogens is 408 g/mol. The van der Waals surface area contributed by atoms with E-state index in [1.807, 2.05) is 0 Å². The molecule has 0 aliphatic heterocycles. The van der Waals surface area contributed by atoms with E-state index in [0.717, 1.165) is 12.3 Å². The van der Waals surface area contributed by atoms with Crippen molar-refractivity contribution in [3.8, 4) is 5.88 Å². The maximum Gasteiger partial charge on any atom is 0.422 e. The monoisotopic (exact) mass is 428 g/mol. The quantitative estimate of drug-likeness (QED) is 0.656. The molecule has 2 amide bonds. The second-order valence-corrected chi connectivity index (χ2v) is 6.44. The molecule has 11 heteroatoms. The predicted octanol–water partition coefficient (Wildman–Crippen LogP) is 3.70. The van der Waals surface area contributed by atoms with Crippen LogP contribution in [0, 0.1) is 12.7 Å². The van der Waals surface area contributed by atoms with Gasteiger partial charge in [0.05, 0.1) is 6.04 Å². The van der Waals surface area contributed by atoms with Gasteiger partial charge in [0, 0.05) is 23.9 Å². The van der Waals surface area contributed by atoms with Crippen LogP contribution in [0.3, 0.4) is 0 Å². The largest absolute Gasteiger partial charge is 0.466 e. The van der Waals surface area contributed by atoms with E-state index >= 15 is 0 Å². The SMILES string of the molecule is CCC(=O)Nc1cc(C(=O)NC(C)c2cnc(OCC(F)(F)F)c(F)c2)cc(C)n1. The van der Waals surface area contributed by atoms with Gasteiger partial charge in [0.2, 0.25) is 5.91 Å². The highest BCUT2D eigenvalue weighted by molar-refractivity contribution is 5.96. The average Bonchev–Trinajstić information content (AvgIpc) is 2.65. The molecule has 0 radical (unpaired) electrons. The minimum Gasteiger partial charge on any atom is -0.466 e. The number of anilines is 1. The minimum absolute atomic E-state index is 0.221. The number of nitrogens with one attached hydrogen (secondary N) is 2. The number of ether oxygens (including phenoxy) is 1. The molecule has 0 saturated carbocycles. The summed E-state index contributed by atoms with van der Waals surface area (Å²) in [7, 11) is 0. The second kappa shape index (κ2) is 9.51. The van der Waals surface area contributed by atoms with Crippen molar-refractivity contribution in [3.63, 3.8) is 0 Å². The molecule has 0 aromatic carbocycles. The Morgan fingerprint density at radius 2 is 1.93 bits per heavy atom. The van der Waals surface area contributed by atoms with Crippen LogP contribution < -0.4 is 15.4 Å². The maximum absolute atomic E-state index is 14.0. The lowest BCUT2D eigenvalue weighted by atomic mass is 10.1. The second-order valence-electron chi connectivity index (χ2n) is 6.44. The van der Waals surface area contributed by atoms with Crippen molar-refractivity contribution in [1.29, 1.82) is 0 Å². The van der Waals surface area contributed by atoms with E-state index in [1.54, 1.807) is 20.8 Å². The smallest absolute Gasteiger partial charge is 0.422 e. The summed E-state index contributed by atoms with van der Waals surface area (Å²) < 4.78 is 54.8. The van der Waals surface area contributed by atoms with Crippen molar-refractivity contribution >= 4 is 17.6 Å². The van der Waals surface area contributed by atoms with Crippen molar-refractivity contribution in [3.05, 3.63) is 47.0 Å². The maximum atomic E-state index is 14.0.